The maximum absolute atomic E-state index is 6.32. The highest BCUT2D eigenvalue weighted by molar-refractivity contribution is 6.30. The molecule has 2 unspecified atom stereocenters. The number of halogens is 1. The summed E-state index contributed by atoms with van der Waals surface area (Å²) in [5.41, 5.74) is 1.03. The average molecular weight is 280 g/mol. The van der Waals surface area contributed by atoms with Crippen molar-refractivity contribution in [2.45, 2.75) is 58.4 Å². The summed E-state index contributed by atoms with van der Waals surface area (Å²) >= 11 is 6.32. The molecule has 0 amide bonds. The highest BCUT2D eigenvalue weighted by atomic mass is 35.5. The Hall–Kier alpha value is -0.830. The second-order valence-corrected chi connectivity index (χ2v) is 6.51. The molecule has 0 N–H and O–H groups in total. The van der Waals surface area contributed by atoms with Gasteiger partial charge in [0.2, 0.25) is 0 Å². The first-order valence-corrected chi connectivity index (χ1v) is 7.76. The van der Waals surface area contributed by atoms with Gasteiger partial charge in [-0.2, -0.15) is 0 Å². The molecule has 1 aliphatic heterocycles. The molecule has 1 aromatic rings. The van der Waals surface area contributed by atoms with Crippen LogP contribution in [0.1, 0.15) is 56.8 Å². The molecule has 0 spiro atoms. The molecule has 0 aromatic carbocycles. The van der Waals surface area contributed by atoms with Gasteiger partial charge in [0.1, 0.15) is 16.8 Å². The fraction of sp³-hybridized carbons (Fsp3) is 0.733. The molecule has 19 heavy (non-hydrogen) atoms. The van der Waals surface area contributed by atoms with Crippen molar-refractivity contribution in [3.05, 3.63) is 16.5 Å². The molecule has 104 valence electrons. The van der Waals surface area contributed by atoms with Crippen LogP contribution in [0.3, 0.4) is 0 Å². The van der Waals surface area contributed by atoms with Crippen LogP contribution in [0, 0.1) is 12.8 Å². The summed E-state index contributed by atoms with van der Waals surface area (Å²) in [5, 5.41) is 0.636. The molecule has 1 saturated carbocycles. The highest BCUT2D eigenvalue weighted by Crippen LogP contribution is 2.40. The van der Waals surface area contributed by atoms with Crippen LogP contribution in [-0.2, 0) is 0 Å². The van der Waals surface area contributed by atoms with Gasteiger partial charge in [-0.05, 0) is 45.4 Å². The Kier molecular flexibility index (Phi) is 3.42. The van der Waals surface area contributed by atoms with Gasteiger partial charge in [0, 0.05) is 24.1 Å². The topological polar surface area (TPSA) is 29.0 Å². The average Bonchev–Trinajstić information content (AvgIpc) is 3.20. The summed E-state index contributed by atoms with van der Waals surface area (Å²) in [6.07, 6.45) is 4.98. The second-order valence-electron chi connectivity index (χ2n) is 6.15. The van der Waals surface area contributed by atoms with Gasteiger partial charge in [0.25, 0.3) is 0 Å². The summed E-state index contributed by atoms with van der Waals surface area (Å²) in [5.74, 6) is 3.29. The van der Waals surface area contributed by atoms with Gasteiger partial charge in [-0.3, -0.25) is 0 Å². The first-order valence-electron chi connectivity index (χ1n) is 7.38. The molecule has 1 aromatic heterocycles. The number of hydrogen-bond donors (Lipinski definition) is 0. The third-order valence-corrected chi connectivity index (χ3v) is 5.03. The lowest BCUT2D eigenvalue weighted by Crippen LogP contribution is -2.43. The molecular formula is C15H22ClN3. The number of hydrogen-bond acceptors (Lipinski definition) is 3. The SMILES string of the molecule is Cc1c(Cl)nc(C2CC2)nc1N1CCCC(C)C1C. The van der Waals surface area contributed by atoms with Gasteiger partial charge < -0.3 is 4.90 Å². The Labute approximate surface area is 120 Å². The quantitative estimate of drug-likeness (QED) is 0.768. The number of piperidine rings is 1. The van der Waals surface area contributed by atoms with Crippen molar-refractivity contribution >= 4 is 17.4 Å². The van der Waals surface area contributed by atoms with E-state index in [1.165, 1.54) is 25.7 Å². The van der Waals surface area contributed by atoms with E-state index in [9.17, 15) is 0 Å². The summed E-state index contributed by atoms with van der Waals surface area (Å²) in [7, 11) is 0. The maximum Gasteiger partial charge on any atom is 0.137 e. The van der Waals surface area contributed by atoms with E-state index in [0.29, 0.717) is 23.0 Å². The van der Waals surface area contributed by atoms with Crippen LogP contribution < -0.4 is 4.90 Å². The lowest BCUT2D eigenvalue weighted by molar-refractivity contribution is 0.361. The van der Waals surface area contributed by atoms with Crippen molar-refractivity contribution in [3.63, 3.8) is 0 Å². The van der Waals surface area contributed by atoms with Crippen LogP contribution >= 0.6 is 11.6 Å². The van der Waals surface area contributed by atoms with Crippen LogP contribution in [0.2, 0.25) is 5.15 Å². The number of anilines is 1. The smallest absolute Gasteiger partial charge is 0.137 e. The zero-order chi connectivity index (χ0) is 13.6. The van der Waals surface area contributed by atoms with Crippen molar-refractivity contribution < 1.29 is 0 Å². The van der Waals surface area contributed by atoms with Crippen LogP contribution in [0.4, 0.5) is 5.82 Å². The minimum Gasteiger partial charge on any atom is -0.353 e. The lowest BCUT2D eigenvalue weighted by atomic mass is 9.92. The van der Waals surface area contributed by atoms with Crippen LogP contribution in [0.25, 0.3) is 0 Å². The number of nitrogens with zero attached hydrogens (tertiary/aromatic N) is 3. The molecule has 1 aliphatic carbocycles. The van der Waals surface area contributed by atoms with E-state index in [1.54, 1.807) is 0 Å². The lowest BCUT2D eigenvalue weighted by Gasteiger charge is -2.39. The minimum atomic E-state index is 0.533. The predicted molar refractivity (Wildman–Crippen MR) is 79.0 cm³/mol. The fourth-order valence-corrected chi connectivity index (χ4v) is 3.10. The van der Waals surface area contributed by atoms with E-state index >= 15 is 0 Å². The van der Waals surface area contributed by atoms with Gasteiger partial charge in [0.05, 0.1) is 0 Å². The molecule has 3 rings (SSSR count). The molecule has 0 bridgehead atoms. The highest BCUT2D eigenvalue weighted by Gasteiger charge is 2.31. The van der Waals surface area contributed by atoms with E-state index in [4.69, 9.17) is 16.6 Å². The summed E-state index contributed by atoms with van der Waals surface area (Å²) in [6.45, 7) is 7.76. The van der Waals surface area contributed by atoms with Gasteiger partial charge in [-0.25, -0.2) is 9.97 Å². The van der Waals surface area contributed by atoms with Gasteiger partial charge >= 0.3 is 0 Å². The Morgan fingerprint density at radius 1 is 1.16 bits per heavy atom. The van der Waals surface area contributed by atoms with Gasteiger partial charge in [-0.15, -0.1) is 0 Å². The van der Waals surface area contributed by atoms with E-state index in [2.05, 4.69) is 23.7 Å². The van der Waals surface area contributed by atoms with Crippen molar-refractivity contribution in [2.24, 2.45) is 5.92 Å². The monoisotopic (exact) mass is 279 g/mol. The molecule has 3 nitrogen and oxygen atoms in total. The van der Waals surface area contributed by atoms with E-state index in [-0.39, 0.29) is 0 Å². The third-order valence-electron chi connectivity index (χ3n) is 4.67. The minimum absolute atomic E-state index is 0.533. The summed E-state index contributed by atoms with van der Waals surface area (Å²) < 4.78 is 0. The van der Waals surface area contributed by atoms with E-state index in [0.717, 1.165) is 23.8 Å². The van der Waals surface area contributed by atoms with Crippen LogP contribution in [-0.4, -0.2) is 22.6 Å². The molecule has 2 fully saturated rings. The number of rotatable bonds is 2. The van der Waals surface area contributed by atoms with Crippen molar-refractivity contribution in [1.29, 1.82) is 0 Å². The summed E-state index contributed by atoms with van der Waals surface area (Å²) in [4.78, 5) is 11.7. The molecule has 4 heteroatoms. The third kappa shape index (κ3) is 2.45. The Bertz CT molecular complexity index is 485. The van der Waals surface area contributed by atoms with Crippen molar-refractivity contribution in [2.75, 3.05) is 11.4 Å². The molecule has 2 atom stereocenters. The standard InChI is InChI=1S/C15H22ClN3/c1-9-5-4-8-19(11(9)3)15-10(2)13(16)17-14(18-15)12-6-7-12/h9,11-12H,4-8H2,1-3H3. The molecular weight excluding hydrogens is 258 g/mol. The van der Waals surface area contributed by atoms with Gasteiger partial charge in [-0.1, -0.05) is 18.5 Å². The van der Waals surface area contributed by atoms with Crippen molar-refractivity contribution in [1.82, 2.24) is 9.97 Å². The number of aromatic nitrogens is 2. The molecule has 2 heterocycles. The zero-order valence-electron chi connectivity index (χ0n) is 12.0. The normalized spacial score (nSPS) is 27.7. The molecule has 0 radical (unpaired) electrons. The Morgan fingerprint density at radius 2 is 1.89 bits per heavy atom. The first-order chi connectivity index (χ1) is 9.08. The summed E-state index contributed by atoms with van der Waals surface area (Å²) in [6, 6.07) is 0.533. The largest absolute Gasteiger partial charge is 0.353 e. The van der Waals surface area contributed by atoms with Crippen molar-refractivity contribution in [3.8, 4) is 0 Å². The first kappa shape index (κ1) is 13.2. The maximum atomic E-state index is 6.32. The van der Waals surface area contributed by atoms with Crippen LogP contribution in [0.15, 0.2) is 0 Å². The zero-order valence-corrected chi connectivity index (χ0v) is 12.7. The van der Waals surface area contributed by atoms with Gasteiger partial charge in [0.15, 0.2) is 0 Å². The second kappa shape index (κ2) is 4.93. The molecule has 1 saturated heterocycles. The fourth-order valence-electron chi connectivity index (χ4n) is 2.93. The van der Waals surface area contributed by atoms with Crippen LogP contribution in [0.5, 0.6) is 0 Å². The van der Waals surface area contributed by atoms with E-state index < -0.39 is 0 Å². The van der Waals surface area contributed by atoms with E-state index in [1.807, 2.05) is 6.92 Å². The Balaban J connectivity index is 1.98. The Morgan fingerprint density at radius 3 is 2.58 bits per heavy atom. The predicted octanol–water partition coefficient (Wildman–Crippen LogP) is 3.94. The molecule has 2 aliphatic rings.